The number of nitrogens with one attached hydrogen (secondary N) is 1. The van der Waals surface area contributed by atoms with Gasteiger partial charge in [-0.2, -0.15) is 0 Å². The monoisotopic (exact) mass is 413 g/mol. The molecule has 1 saturated heterocycles. The Labute approximate surface area is 178 Å². The summed E-state index contributed by atoms with van der Waals surface area (Å²) in [6.07, 6.45) is 5.82. The van der Waals surface area contributed by atoms with Crippen LogP contribution in [0.2, 0.25) is 0 Å². The van der Waals surface area contributed by atoms with Gasteiger partial charge in [-0.3, -0.25) is 19.2 Å². The van der Waals surface area contributed by atoms with Crippen LogP contribution in [0, 0.1) is 4.77 Å². The molecular formula is C22H31N5OS. The average molecular weight is 414 g/mol. The molecule has 2 heterocycles. The van der Waals surface area contributed by atoms with Crippen LogP contribution in [0.25, 0.3) is 5.69 Å². The van der Waals surface area contributed by atoms with Crippen LogP contribution in [0.5, 0.6) is 0 Å². The highest BCUT2D eigenvalue weighted by Gasteiger charge is 2.19. The molecule has 1 N–H and O–H groups in total. The molecule has 1 aromatic heterocycles. The Balaban J connectivity index is 1.60. The molecule has 1 aliphatic heterocycles. The molecule has 0 radical (unpaired) electrons. The molecule has 1 fully saturated rings. The summed E-state index contributed by atoms with van der Waals surface area (Å²) in [6.45, 7) is 13.4. The molecule has 1 aliphatic rings. The van der Waals surface area contributed by atoms with Crippen LogP contribution in [-0.4, -0.2) is 64.1 Å². The smallest absolute Gasteiger partial charge is 0.234 e. The second-order valence-electron chi connectivity index (χ2n) is 7.76. The fourth-order valence-electron chi connectivity index (χ4n) is 3.65. The number of benzene rings is 1. The summed E-state index contributed by atoms with van der Waals surface area (Å²) in [7, 11) is 0. The predicted octanol–water partition coefficient (Wildman–Crippen LogP) is 3.01. The van der Waals surface area contributed by atoms with E-state index in [0.29, 0.717) is 19.0 Å². The third-order valence-electron chi connectivity index (χ3n) is 5.29. The van der Waals surface area contributed by atoms with Crippen molar-refractivity contribution in [2.24, 2.45) is 0 Å². The van der Waals surface area contributed by atoms with Gasteiger partial charge < -0.3 is 9.88 Å². The SMILES string of the molecule is C=CCNC(=O)CN1CCN(Cn2ccn(-c3ccccc3C(C)C)c2=S)CC1. The standard InChI is InChI=1S/C22H31N5OS/c1-4-9-23-21(28)16-24-10-12-25(13-11-24)17-26-14-15-27(22(26)29)20-8-6-5-7-19(20)18(2)3/h4-8,14-15,18H,1,9-13,16-17H2,2-3H3,(H,23,28). The van der Waals surface area contributed by atoms with Gasteiger partial charge >= 0.3 is 0 Å². The highest BCUT2D eigenvalue weighted by atomic mass is 32.1. The third kappa shape index (κ3) is 5.44. The largest absolute Gasteiger partial charge is 0.352 e. The number of carbonyl (C=O) groups excluding carboxylic acids is 1. The molecule has 29 heavy (non-hydrogen) atoms. The first kappa shape index (κ1) is 21.5. The topological polar surface area (TPSA) is 45.4 Å². The van der Waals surface area contributed by atoms with Crippen LogP contribution in [0.1, 0.15) is 25.3 Å². The van der Waals surface area contributed by atoms with Gasteiger partial charge in [-0.15, -0.1) is 6.58 Å². The molecule has 1 amide bonds. The van der Waals surface area contributed by atoms with E-state index < -0.39 is 0 Å². The van der Waals surface area contributed by atoms with Crippen molar-refractivity contribution in [3.63, 3.8) is 0 Å². The van der Waals surface area contributed by atoms with E-state index in [9.17, 15) is 4.79 Å². The summed E-state index contributed by atoms with van der Waals surface area (Å²) in [4.78, 5) is 16.4. The molecule has 0 atom stereocenters. The second-order valence-corrected chi connectivity index (χ2v) is 8.13. The number of amides is 1. The van der Waals surface area contributed by atoms with E-state index in [1.807, 2.05) is 0 Å². The van der Waals surface area contributed by atoms with Crippen molar-refractivity contribution >= 4 is 18.1 Å². The van der Waals surface area contributed by atoms with E-state index in [4.69, 9.17) is 12.2 Å². The maximum absolute atomic E-state index is 11.9. The molecule has 2 aromatic rings. The number of hydrogen-bond donors (Lipinski definition) is 1. The normalized spacial score (nSPS) is 15.6. The van der Waals surface area contributed by atoms with Gasteiger partial charge in [0.15, 0.2) is 4.77 Å². The van der Waals surface area contributed by atoms with E-state index in [1.54, 1.807) is 6.08 Å². The second kappa shape index (κ2) is 10.0. The molecule has 6 nitrogen and oxygen atoms in total. The number of hydrogen-bond acceptors (Lipinski definition) is 4. The first-order valence-electron chi connectivity index (χ1n) is 10.2. The van der Waals surface area contributed by atoms with Crippen LogP contribution >= 0.6 is 12.2 Å². The summed E-state index contributed by atoms with van der Waals surface area (Å²) in [5, 5.41) is 2.84. The lowest BCUT2D eigenvalue weighted by atomic mass is 10.0. The van der Waals surface area contributed by atoms with Crippen molar-refractivity contribution in [3.05, 3.63) is 59.6 Å². The Morgan fingerprint density at radius 2 is 1.86 bits per heavy atom. The summed E-state index contributed by atoms with van der Waals surface area (Å²) >= 11 is 5.77. The Kier molecular flexibility index (Phi) is 7.41. The number of nitrogens with zero attached hydrogens (tertiary/aromatic N) is 4. The van der Waals surface area contributed by atoms with Crippen LogP contribution in [0.3, 0.4) is 0 Å². The minimum atomic E-state index is 0.0569. The zero-order valence-corrected chi connectivity index (χ0v) is 18.2. The van der Waals surface area contributed by atoms with Gasteiger partial charge in [0.25, 0.3) is 0 Å². The number of aromatic nitrogens is 2. The van der Waals surface area contributed by atoms with E-state index in [1.165, 1.54) is 5.56 Å². The van der Waals surface area contributed by atoms with Crippen molar-refractivity contribution in [1.29, 1.82) is 0 Å². The van der Waals surface area contributed by atoms with Crippen molar-refractivity contribution < 1.29 is 4.79 Å². The van der Waals surface area contributed by atoms with Gasteiger partial charge in [-0.1, -0.05) is 38.1 Å². The number of imidazole rings is 1. The molecule has 1 aromatic carbocycles. The van der Waals surface area contributed by atoms with Crippen molar-refractivity contribution in [2.45, 2.75) is 26.4 Å². The highest BCUT2D eigenvalue weighted by molar-refractivity contribution is 7.71. The molecule has 156 valence electrons. The van der Waals surface area contributed by atoms with Crippen LogP contribution in [0.15, 0.2) is 49.3 Å². The number of carbonyl (C=O) groups is 1. The molecule has 0 bridgehead atoms. The van der Waals surface area contributed by atoms with Gasteiger partial charge in [0, 0.05) is 45.1 Å². The lowest BCUT2D eigenvalue weighted by Crippen LogP contribution is -2.49. The first-order valence-corrected chi connectivity index (χ1v) is 10.6. The number of rotatable bonds is 8. The fourth-order valence-corrected chi connectivity index (χ4v) is 3.93. The Hall–Kier alpha value is -2.22. The Bertz CT molecular complexity index is 893. The quantitative estimate of drug-likeness (QED) is 0.534. The fraction of sp³-hybridized carbons (Fsp3) is 0.455. The van der Waals surface area contributed by atoms with E-state index in [2.05, 4.69) is 81.3 Å². The van der Waals surface area contributed by atoms with Crippen molar-refractivity contribution in [2.75, 3.05) is 39.3 Å². The van der Waals surface area contributed by atoms with E-state index in [-0.39, 0.29) is 5.91 Å². The highest BCUT2D eigenvalue weighted by Crippen LogP contribution is 2.23. The first-order chi connectivity index (χ1) is 14.0. The summed E-state index contributed by atoms with van der Waals surface area (Å²) in [6, 6.07) is 8.44. The van der Waals surface area contributed by atoms with E-state index in [0.717, 1.165) is 43.3 Å². The minimum Gasteiger partial charge on any atom is -0.352 e. The lowest BCUT2D eigenvalue weighted by Gasteiger charge is -2.34. The molecule has 0 saturated carbocycles. The Morgan fingerprint density at radius 3 is 2.55 bits per heavy atom. The molecule has 0 aliphatic carbocycles. The lowest BCUT2D eigenvalue weighted by molar-refractivity contribution is -0.122. The molecule has 7 heteroatoms. The van der Waals surface area contributed by atoms with Crippen molar-refractivity contribution in [1.82, 2.24) is 24.3 Å². The maximum atomic E-state index is 11.9. The summed E-state index contributed by atoms with van der Waals surface area (Å²) < 4.78 is 5.04. The molecule has 3 rings (SSSR count). The van der Waals surface area contributed by atoms with Crippen LogP contribution < -0.4 is 5.32 Å². The van der Waals surface area contributed by atoms with E-state index >= 15 is 0 Å². The van der Waals surface area contributed by atoms with Crippen LogP contribution in [-0.2, 0) is 11.5 Å². The van der Waals surface area contributed by atoms with Gasteiger partial charge in [0.1, 0.15) is 0 Å². The summed E-state index contributed by atoms with van der Waals surface area (Å²) in [5.41, 5.74) is 2.45. The Morgan fingerprint density at radius 1 is 1.17 bits per heavy atom. The third-order valence-corrected chi connectivity index (χ3v) is 5.73. The zero-order chi connectivity index (χ0) is 20.8. The van der Waals surface area contributed by atoms with Gasteiger partial charge in [-0.05, 0) is 29.8 Å². The summed E-state index contributed by atoms with van der Waals surface area (Å²) in [5.74, 6) is 0.495. The molecule has 0 unspecified atom stereocenters. The maximum Gasteiger partial charge on any atom is 0.234 e. The zero-order valence-electron chi connectivity index (χ0n) is 17.4. The molecule has 0 spiro atoms. The van der Waals surface area contributed by atoms with Gasteiger partial charge in [0.05, 0.1) is 18.9 Å². The predicted molar refractivity (Wildman–Crippen MR) is 120 cm³/mol. The van der Waals surface area contributed by atoms with Gasteiger partial charge in [-0.25, -0.2) is 0 Å². The average Bonchev–Trinajstić information content (AvgIpc) is 3.08. The molecular weight excluding hydrogens is 382 g/mol. The minimum absolute atomic E-state index is 0.0569. The van der Waals surface area contributed by atoms with Gasteiger partial charge in [0.2, 0.25) is 5.91 Å². The number of piperazine rings is 1. The van der Waals surface area contributed by atoms with Crippen molar-refractivity contribution in [3.8, 4) is 5.69 Å². The number of para-hydroxylation sites is 1. The van der Waals surface area contributed by atoms with Crippen LogP contribution in [0.4, 0.5) is 0 Å².